The summed E-state index contributed by atoms with van der Waals surface area (Å²) in [5, 5.41) is 13.4. The summed E-state index contributed by atoms with van der Waals surface area (Å²) in [5.41, 5.74) is 4.67. The van der Waals surface area contributed by atoms with Gasteiger partial charge < -0.3 is 19.4 Å². The summed E-state index contributed by atoms with van der Waals surface area (Å²) in [6, 6.07) is 14.6. The maximum atomic E-state index is 13.6. The Balaban J connectivity index is 1.52. The topological polar surface area (TPSA) is 109 Å². The van der Waals surface area contributed by atoms with E-state index < -0.39 is 23.0 Å². The van der Waals surface area contributed by atoms with Crippen LogP contribution in [0.3, 0.4) is 0 Å². The first-order chi connectivity index (χ1) is 18.6. The Kier molecular flexibility index (Phi) is 6.24. The minimum Gasteiger partial charge on any atom is -0.455 e. The van der Waals surface area contributed by atoms with Gasteiger partial charge in [-0.3, -0.25) is 9.10 Å². The molecule has 200 valence electrons. The molecule has 1 aliphatic heterocycles. The molecule has 1 aromatic heterocycles. The number of anilines is 1. The maximum Gasteiger partial charge on any atom is 0.491 e. The molecule has 11 heteroatoms. The van der Waals surface area contributed by atoms with Crippen molar-refractivity contribution in [1.29, 1.82) is 0 Å². The first kappa shape index (κ1) is 25.6. The van der Waals surface area contributed by atoms with E-state index in [1.54, 1.807) is 12.1 Å². The number of halogens is 1. The molecule has 1 aliphatic carbocycles. The van der Waals surface area contributed by atoms with E-state index in [0.29, 0.717) is 45.4 Å². The van der Waals surface area contributed by atoms with Crippen LogP contribution in [0.15, 0.2) is 59.0 Å². The van der Waals surface area contributed by atoms with Gasteiger partial charge in [-0.2, -0.15) is 0 Å². The van der Waals surface area contributed by atoms with Crippen LogP contribution in [0, 0.1) is 5.82 Å². The van der Waals surface area contributed by atoms with Crippen molar-refractivity contribution < 1.29 is 31.7 Å². The van der Waals surface area contributed by atoms with Crippen molar-refractivity contribution in [3.63, 3.8) is 0 Å². The maximum absolute atomic E-state index is 13.6. The highest BCUT2D eigenvalue weighted by Gasteiger charge is 2.34. The molecule has 3 aromatic carbocycles. The van der Waals surface area contributed by atoms with Gasteiger partial charge in [0, 0.05) is 24.1 Å². The Morgan fingerprint density at radius 1 is 1.15 bits per heavy atom. The molecule has 2 heterocycles. The number of nitrogens with zero attached hydrogens (tertiary/aromatic N) is 1. The largest absolute Gasteiger partial charge is 0.491 e. The Morgan fingerprint density at radius 3 is 2.56 bits per heavy atom. The number of carbonyl (C=O) groups excluding carboxylic acids is 1. The zero-order valence-electron chi connectivity index (χ0n) is 21.4. The first-order valence-corrected chi connectivity index (χ1v) is 14.5. The zero-order chi connectivity index (χ0) is 27.5. The highest BCUT2D eigenvalue weighted by Crippen LogP contribution is 2.48. The van der Waals surface area contributed by atoms with Gasteiger partial charge in [0.2, 0.25) is 10.0 Å². The molecule has 4 aromatic rings. The number of benzene rings is 3. The lowest BCUT2D eigenvalue weighted by atomic mass is 9.79. The SMILES string of the molecule is CNC(=O)c1c(-c2ccc(F)cc2)oc2cc(N(Cc3ccc4c(c3)B(O)OC4)S(C)(=O)=O)c(C3CC3)cc12. The summed E-state index contributed by atoms with van der Waals surface area (Å²) in [6.07, 6.45) is 2.95. The zero-order valence-corrected chi connectivity index (χ0v) is 22.2. The van der Waals surface area contributed by atoms with Gasteiger partial charge in [-0.25, -0.2) is 12.8 Å². The number of rotatable bonds is 7. The molecule has 0 radical (unpaired) electrons. The fourth-order valence-corrected chi connectivity index (χ4v) is 6.05. The second-order valence-corrected chi connectivity index (χ2v) is 11.9. The smallest absolute Gasteiger partial charge is 0.455 e. The lowest BCUT2D eigenvalue weighted by Crippen LogP contribution is -2.32. The molecule has 0 spiro atoms. The summed E-state index contributed by atoms with van der Waals surface area (Å²) in [7, 11) is -3.26. The second kappa shape index (κ2) is 9.51. The van der Waals surface area contributed by atoms with Crippen molar-refractivity contribution in [2.75, 3.05) is 17.6 Å². The molecule has 8 nitrogen and oxygen atoms in total. The summed E-state index contributed by atoms with van der Waals surface area (Å²) in [5.74, 6) is -0.349. The number of hydrogen-bond donors (Lipinski definition) is 2. The fraction of sp³-hybridized carbons (Fsp3) is 0.250. The molecule has 1 saturated carbocycles. The van der Waals surface area contributed by atoms with Gasteiger partial charge in [-0.15, -0.1) is 0 Å². The van der Waals surface area contributed by atoms with E-state index in [4.69, 9.17) is 9.07 Å². The van der Waals surface area contributed by atoms with Crippen molar-refractivity contribution >= 4 is 45.2 Å². The molecule has 6 rings (SSSR count). The van der Waals surface area contributed by atoms with Crippen LogP contribution in [0.25, 0.3) is 22.3 Å². The lowest BCUT2D eigenvalue weighted by Gasteiger charge is -2.25. The van der Waals surface area contributed by atoms with Gasteiger partial charge in [0.1, 0.15) is 17.2 Å². The predicted octanol–water partition coefficient (Wildman–Crippen LogP) is 3.66. The lowest BCUT2D eigenvalue weighted by molar-refractivity contribution is 0.0964. The molecule has 1 fully saturated rings. The van der Waals surface area contributed by atoms with Crippen LogP contribution < -0.4 is 15.1 Å². The third-order valence-electron chi connectivity index (χ3n) is 7.28. The van der Waals surface area contributed by atoms with E-state index in [0.717, 1.165) is 30.2 Å². The molecule has 0 bridgehead atoms. The van der Waals surface area contributed by atoms with E-state index in [9.17, 15) is 22.6 Å². The Hall–Kier alpha value is -3.67. The van der Waals surface area contributed by atoms with Gasteiger partial charge in [0.05, 0.1) is 30.7 Å². The minimum absolute atomic E-state index is 0.0396. The van der Waals surface area contributed by atoms with Crippen LogP contribution >= 0.6 is 0 Å². The average Bonchev–Trinajstić information content (AvgIpc) is 3.60. The number of hydrogen-bond acceptors (Lipinski definition) is 6. The van der Waals surface area contributed by atoms with Gasteiger partial charge in [-0.1, -0.05) is 18.2 Å². The van der Waals surface area contributed by atoms with E-state index >= 15 is 0 Å². The normalized spacial score (nSPS) is 15.0. The summed E-state index contributed by atoms with van der Waals surface area (Å²) >= 11 is 0. The number of sulfonamides is 1. The molecule has 1 amide bonds. The molecule has 0 atom stereocenters. The number of carbonyl (C=O) groups is 1. The molecule has 2 N–H and O–H groups in total. The Morgan fingerprint density at radius 2 is 1.90 bits per heavy atom. The Labute approximate surface area is 225 Å². The van der Waals surface area contributed by atoms with Crippen LogP contribution in [-0.2, 0) is 27.8 Å². The third-order valence-corrected chi connectivity index (χ3v) is 8.41. The van der Waals surface area contributed by atoms with E-state index in [-0.39, 0.29) is 24.1 Å². The number of fused-ring (bicyclic) bond motifs is 2. The summed E-state index contributed by atoms with van der Waals surface area (Å²) in [4.78, 5) is 13.0. The highest BCUT2D eigenvalue weighted by atomic mass is 32.2. The van der Waals surface area contributed by atoms with Crippen LogP contribution in [-0.4, -0.2) is 39.8 Å². The third kappa shape index (κ3) is 4.71. The average molecular weight is 548 g/mol. The van der Waals surface area contributed by atoms with E-state index in [1.165, 1.54) is 35.6 Å². The second-order valence-electron chi connectivity index (χ2n) is 10.0. The van der Waals surface area contributed by atoms with Crippen LogP contribution in [0.1, 0.15) is 45.8 Å². The molecule has 39 heavy (non-hydrogen) atoms. The minimum atomic E-state index is -3.74. The number of nitrogens with one attached hydrogen (secondary N) is 1. The fourth-order valence-electron chi connectivity index (χ4n) is 5.15. The van der Waals surface area contributed by atoms with Crippen LogP contribution in [0.4, 0.5) is 10.1 Å². The standard InChI is InChI=1S/C28H26BFN2O6S/c1-31-28(33)26-22-12-21(17-5-6-17)24(13-25(22)38-27(26)18-7-9-20(30)10-8-18)32(39(2,35)36)14-16-3-4-19-15-37-29(34)23(19)11-16/h3-4,7-13,17,34H,5-6,14-15H2,1-2H3,(H,31,33). The highest BCUT2D eigenvalue weighted by molar-refractivity contribution is 7.92. The van der Waals surface area contributed by atoms with E-state index in [2.05, 4.69) is 5.32 Å². The van der Waals surface area contributed by atoms with Crippen LogP contribution in [0.5, 0.6) is 0 Å². The molecular weight excluding hydrogens is 522 g/mol. The summed E-state index contributed by atoms with van der Waals surface area (Å²) in [6.45, 7) is 0.343. The molecular formula is C28H26BFN2O6S. The molecule has 0 saturated heterocycles. The molecule has 2 aliphatic rings. The van der Waals surface area contributed by atoms with Gasteiger partial charge >= 0.3 is 7.12 Å². The van der Waals surface area contributed by atoms with Crippen molar-refractivity contribution in [2.24, 2.45) is 0 Å². The van der Waals surface area contributed by atoms with Gasteiger partial charge in [0.15, 0.2) is 0 Å². The first-order valence-electron chi connectivity index (χ1n) is 12.6. The van der Waals surface area contributed by atoms with Gasteiger partial charge in [0.25, 0.3) is 5.91 Å². The van der Waals surface area contributed by atoms with Crippen molar-refractivity contribution in [2.45, 2.75) is 31.9 Å². The number of furan rings is 1. The van der Waals surface area contributed by atoms with Crippen molar-refractivity contribution in [3.05, 3.63) is 82.7 Å². The number of amides is 1. The summed E-state index contributed by atoms with van der Waals surface area (Å²) < 4.78 is 52.7. The predicted molar refractivity (Wildman–Crippen MR) is 147 cm³/mol. The molecule has 0 unspecified atom stereocenters. The Bertz CT molecular complexity index is 1720. The van der Waals surface area contributed by atoms with Gasteiger partial charge in [-0.05, 0) is 71.2 Å². The monoisotopic (exact) mass is 548 g/mol. The van der Waals surface area contributed by atoms with Crippen molar-refractivity contribution in [3.8, 4) is 11.3 Å². The van der Waals surface area contributed by atoms with Crippen LogP contribution in [0.2, 0.25) is 0 Å². The quantitative estimate of drug-likeness (QED) is 0.342. The van der Waals surface area contributed by atoms with E-state index in [1.807, 2.05) is 18.2 Å². The van der Waals surface area contributed by atoms with Crippen molar-refractivity contribution in [1.82, 2.24) is 5.32 Å².